The number of carboxylic acids is 1. The van der Waals surface area contributed by atoms with Crippen molar-refractivity contribution in [3.63, 3.8) is 0 Å². The molecule has 0 unspecified atom stereocenters. The van der Waals surface area contributed by atoms with Gasteiger partial charge in [0, 0.05) is 24.7 Å². The number of nitrogens with zero attached hydrogens (tertiary/aromatic N) is 4. The van der Waals surface area contributed by atoms with Crippen molar-refractivity contribution >= 4 is 43.6 Å². The summed E-state index contributed by atoms with van der Waals surface area (Å²) in [5, 5.41) is 21.6. The van der Waals surface area contributed by atoms with Gasteiger partial charge in [-0.15, -0.1) is 11.3 Å². The minimum absolute atomic E-state index is 0. The molecule has 1 N–H and O–H groups in total. The Bertz CT molecular complexity index is 1200. The molecule has 4 rings (SSSR count). The molecule has 2 aliphatic rings. The molecule has 2 aromatic rings. The molecule has 31 heavy (non-hydrogen) atoms. The number of amides is 1. The van der Waals surface area contributed by atoms with Crippen molar-refractivity contribution in [1.29, 1.82) is 0 Å². The Kier molecular flexibility index (Phi) is 6.46. The Labute approximate surface area is 204 Å². The average Bonchev–Trinajstić information content (AvgIpc) is 3.30. The third-order valence-corrected chi connectivity index (χ3v) is 8.54. The quantitative estimate of drug-likeness (QED) is 0.251. The number of aliphatic carboxylic acids is 1. The number of carbonyl (C=O) groups is 2. The summed E-state index contributed by atoms with van der Waals surface area (Å²) in [6.07, 6.45) is 1.96. The number of β-lactam (4-membered cyclic amide) rings is 1. The Morgan fingerprint density at radius 1 is 1.45 bits per heavy atom. The maximum Gasteiger partial charge on any atom is 1.00 e. The number of hydrogen-bond acceptors (Lipinski definition) is 9. The van der Waals surface area contributed by atoms with Crippen molar-refractivity contribution in [2.75, 3.05) is 14.2 Å². The van der Waals surface area contributed by atoms with E-state index in [-0.39, 0.29) is 45.1 Å². The number of rotatable bonds is 6. The smallest absolute Gasteiger partial charge is 0.543 e. The van der Waals surface area contributed by atoms with Gasteiger partial charge in [0.15, 0.2) is 0 Å². The maximum atomic E-state index is 12.6. The number of aliphatic hydroxyl groups excluding tert-OH is 1. The van der Waals surface area contributed by atoms with Gasteiger partial charge >= 0.3 is 29.6 Å². The van der Waals surface area contributed by atoms with Gasteiger partial charge in [0.2, 0.25) is 10.9 Å². The first kappa shape index (κ1) is 24.3. The van der Waals surface area contributed by atoms with Crippen LogP contribution in [0.1, 0.15) is 18.7 Å². The Morgan fingerprint density at radius 2 is 2.10 bits per heavy atom. The molecule has 2 aromatic heterocycles. The summed E-state index contributed by atoms with van der Waals surface area (Å²) in [5.74, 6) is -3.07. The van der Waals surface area contributed by atoms with Crippen molar-refractivity contribution in [1.82, 2.24) is 18.8 Å². The molecule has 0 aromatic carbocycles. The first-order valence-electron chi connectivity index (χ1n) is 8.98. The number of hydrogen-bond donors (Lipinski definition) is 1. The van der Waals surface area contributed by atoms with Crippen LogP contribution < -0.4 is 34.7 Å². The van der Waals surface area contributed by atoms with Gasteiger partial charge in [0.25, 0.3) is 10.0 Å². The molecule has 1 amide bonds. The topological polar surface area (TPSA) is 145 Å². The van der Waals surface area contributed by atoms with E-state index in [1.165, 1.54) is 31.8 Å². The van der Waals surface area contributed by atoms with Crippen LogP contribution in [0.5, 0.6) is 0 Å². The fourth-order valence-corrected chi connectivity index (χ4v) is 6.68. The minimum Gasteiger partial charge on any atom is -0.543 e. The summed E-state index contributed by atoms with van der Waals surface area (Å²) in [6, 6.07) is -0.497. The fraction of sp³-hybridized carbons (Fsp3) is 0.471. The molecule has 4 atom stereocenters. The summed E-state index contributed by atoms with van der Waals surface area (Å²) in [4.78, 5) is 35.0. The number of aromatic nitrogens is 2. The Balaban J connectivity index is 0.00000272. The van der Waals surface area contributed by atoms with E-state index in [1.807, 2.05) is 0 Å². The van der Waals surface area contributed by atoms with Crippen LogP contribution in [0, 0.1) is 11.8 Å². The molecule has 0 aliphatic carbocycles. The van der Waals surface area contributed by atoms with Gasteiger partial charge in [0.1, 0.15) is 11.2 Å². The van der Waals surface area contributed by atoms with Crippen molar-refractivity contribution in [3.8, 4) is 0 Å². The van der Waals surface area contributed by atoms with E-state index in [0.29, 0.717) is 14.9 Å². The molecule has 2 aliphatic heterocycles. The van der Waals surface area contributed by atoms with E-state index < -0.39 is 45.9 Å². The summed E-state index contributed by atoms with van der Waals surface area (Å²) in [7, 11) is -1.57. The normalized spacial score (nSPS) is 24.4. The first-order chi connectivity index (χ1) is 14.0. The number of carboxylic acid groups (broad SMARTS) is 1. The van der Waals surface area contributed by atoms with Crippen LogP contribution in [0.15, 0.2) is 23.2 Å². The second kappa shape index (κ2) is 8.23. The van der Waals surface area contributed by atoms with E-state index in [2.05, 4.69) is 4.98 Å². The molecule has 0 bridgehead atoms. The van der Waals surface area contributed by atoms with E-state index >= 15 is 0 Å². The van der Waals surface area contributed by atoms with E-state index in [0.717, 1.165) is 16.2 Å². The van der Waals surface area contributed by atoms with Crippen LogP contribution in [-0.4, -0.2) is 70.5 Å². The molecule has 0 spiro atoms. The second-order valence-electron chi connectivity index (χ2n) is 7.26. The van der Waals surface area contributed by atoms with Gasteiger partial charge in [-0.1, -0.05) is 11.4 Å². The molecule has 1 saturated heterocycles. The summed E-state index contributed by atoms with van der Waals surface area (Å²) in [5.41, 5.74) is 0.124. The fourth-order valence-electron chi connectivity index (χ4n) is 4.18. The van der Waals surface area contributed by atoms with Crippen molar-refractivity contribution in [2.24, 2.45) is 11.8 Å². The molecule has 162 valence electrons. The number of sulfonamides is 1. The number of carbonyl (C=O) groups excluding carboxylic acids is 2. The number of imidazole rings is 1. The minimum atomic E-state index is -4.02. The monoisotopic (exact) mass is 478 g/mol. The molecule has 0 radical (unpaired) electrons. The number of aliphatic hydroxyl groups is 1. The zero-order valence-corrected chi connectivity index (χ0v) is 21.1. The molecule has 14 heteroatoms. The van der Waals surface area contributed by atoms with Crippen molar-refractivity contribution in [3.05, 3.63) is 23.1 Å². The molecule has 0 saturated carbocycles. The van der Waals surface area contributed by atoms with Crippen LogP contribution in [0.25, 0.3) is 10.4 Å². The number of fused-ring (bicyclic) bond motifs is 2. The van der Waals surface area contributed by atoms with Gasteiger partial charge in [-0.25, -0.2) is 13.4 Å². The van der Waals surface area contributed by atoms with Crippen LogP contribution in [-0.2, 0) is 24.4 Å². The van der Waals surface area contributed by atoms with Crippen LogP contribution in [0.3, 0.4) is 0 Å². The molecule has 11 nitrogen and oxygen atoms in total. The zero-order chi connectivity index (χ0) is 22.1. The molecule has 1 fully saturated rings. The molecular weight excluding hydrogens is 459 g/mol. The molecular formula is C17H19N4NaO7S2. The number of thiazole rings is 1. The Hall–Kier alpha value is -1.32. The second-order valence-corrected chi connectivity index (χ2v) is 10.1. The third-order valence-electron chi connectivity index (χ3n) is 5.65. The predicted octanol–water partition coefficient (Wildman–Crippen LogP) is -4.10. The van der Waals surface area contributed by atoms with Crippen LogP contribution >= 0.6 is 11.3 Å². The van der Waals surface area contributed by atoms with Gasteiger partial charge in [0.05, 0.1) is 41.7 Å². The Morgan fingerprint density at radius 3 is 2.65 bits per heavy atom. The molecule has 4 heterocycles. The van der Waals surface area contributed by atoms with E-state index in [4.69, 9.17) is 4.84 Å². The van der Waals surface area contributed by atoms with Gasteiger partial charge < -0.3 is 19.9 Å². The SMILES string of the molecule is CON(C)S(=O)(=O)c1ncn2cc(C3=C(C(=O)[O-])N4C(=O)[C@H]([C@@H](C)O)[C@H]4[C@H]3C)sc12.[Na+]. The summed E-state index contributed by atoms with van der Waals surface area (Å²) >= 11 is 1.04. The first-order valence-corrected chi connectivity index (χ1v) is 11.2. The number of hydroxylamine groups is 1. The van der Waals surface area contributed by atoms with Crippen LogP contribution in [0.2, 0.25) is 0 Å². The average molecular weight is 478 g/mol. The van der Waals surface area contributed by atoms with Gasteiger partial charge in [-0.05, 0) is 6.92 Å². The van der Waals surface area contributed by atoms with Gasteiger partial charge in [-0.2, -0.15) is 0 Å². The standard InChI is InChI=1S/C17H20N4O7S2.Na/c1-7-10(13(17(24)25)21-12(7)11(8(2)22)15(21)23)9-5-20-6-18-14(16(20)29-9)30(26,27)19(3)28-4;/h5-8,11-12,22H,1-4H3,(H,24,25);/q;+1/p-1/t7-,8+,11+,12+;/m0./s1. The van der Waals surface area contributed by atoms with E-state index in [9.17, 15) is 28.2 Å². The largest absolute Gasteiger partial charge is 1.00 e. The predicted molar refractivity (Wildman–Crippen MR) is 102 cm³/mol. The van der Waals surface area contributed by atoms with Crippen molar-refractivity contribution < 1.29 is 62.6 Å². The third kappa shape index (κ3) is 3.38. The van der Waals surface area contributed by atoms with Gasteiger partial charge in [-0.3, -0.25) is 14.0 Å². The maximum absolute atomic E-state index is 12.6. The summed E-state index contributed by atoms with van der Waals surface area (Å²) in [6.45, 7) is 3.27. The van der Waals surface area contributed by atoms with Crippen LogP contribution in [0.4, 0.5) is 0 Å². The van der Waals surface area contributed by atoms with E-state index in [1.54, 1.807) is 13.1 Å². The zero-order valence-electron chi connectivity index (χ0n) is 17.5. The summed E-state index contributed by atoms with van der Waals surface area (Å²) < 4.78 is 27.4. The van der Waals surface area contributed by atoms with Crippen molar-refractivity contribution in [2.45, 2.75) is 31.0 Å².